The van der Waals surface area contributed by atoms with Crippen molar-refractivity contribution in [3.8, 4) is 0 Å². The van der Waals surface area contributed by atoms with Crippen molar-refractivity contribution in [3.05, 3.63) is 60.2 Å². The Bertz CT molecular complexity index is 779. The van der Waals surface area contributed by atoms with Crippen LogP contribution in [0.3, 0.4) is 0 Å². The molecule has 0 unspecified atom stereocenters. The summed E-state index contributed by atoms with van der Waals surface area (Å²) in [5.74, 6) is -0.201. The van der Waals surface area contributed by atoms with E-state index >= 15 is 0 Å². The van der Waals surface area contributed by atoms with Gasteiger partial charge in [0.1, 0.15) is 5.69 Å². The quantitative estimate of drug-likeness (QED) is 0.605. The van der Waals surface area contributed by atoms with Crippen molar-refractivity contribution in [1.29, 1.82) is 0 Å². The first kappa shape index (κ1) is 21.9. The lowest BCUT2D eigenvalue weighted by molar-refractivity contribution is -0.903. The maximum atomic E-state index is 12.9. The van der Waals surface area contributed by atoms with Crippen LogP contribution >= 0.6 is 0 Å². The number of hydrogen-bond donors (Lipinski definition) is 2. The molecule has 0 spiro atoms. The summed E-state index contributed by atoms with van der Waals surface area (Å²) in [4.78, 5) is 36.6. The molecule has 1 aliphatic rings. The summed E-state index contributed by atoms with van der Waals surface area (Å²) >= 11 is 0. The van der Waals surface area contributed by atoms with Crippen molar-refractivity contribution in [3.63, 3.8) is 0 Å². The molecule has 2 amide bonds. The average molecular weight is 411 g/mol. The van der Waals surface area contributed by atoms with Crippen molar-refractivity contribution in [2.75, 3.05) is 39.3 Å². The highest BCUT2D eigenvalue weighted by molar-refractivity contribution is 5.92. The van der Waals surface area contributed by atoms with Crippen LogP contribution in [0.15, 0.2) is 48.9 Å². The molecule has 0 bridgehead atoms. The van der Waals surface area contributed by atoms with Crippen molar-refractivity contribution < 1.29 is 14.5 Å². The van der Waals surface area contributed by atoms with Crippen LogP contribution in [0, 0.1) is 0 Å². The fourth-order valence-electron chi connectivity index (χ4n) is 3.80. The number of carbonyl (C=O) groups is 2. The lowest BCUT2D eigenvalue weighted by Crippen LogP contribution is -3.13. The van der Waals surface area contributed by atoms with Gasteiger partial charge in [-0.25, -0.2) is 4.98 Å². The Morgan fingerprint density at radius 1 is 1.03 bits per heavy atom. The van der Waals surface area contributed by atoms with E-state index in [1.807, 2.05) is 30.3 Å². The van der Waals surface area contributed by atoms with Gasteiger partial charge < -0.3 is 15.1 Å². The van der Waals surface area contributed by atoms with Crippen molar-refractivity contribution in [2.24, 2.45) is 0 Å². The number of benzene rings is 1. The van der Waals surface area contributed by atoms with Gasteiger partial charge in [0.15, 0.2) is 0 Å². The molecule has 0 radical (unpaired) electrons. The van der Waals surface area contributed by atoms with E-state index < -0.39 is 0 Å². The highest BCUT2D eigenvalue weighted by Crippen LogP contribution is 2.06. The number of amides is 2. The van der Waals surface area contributed by atoms with Crippen LogP contribution in [0.1, 0.15) is 41.7 Å². The highest BCUT2D eigenvalue weighted by Gasteiger charge is 2.19. The summed E-state index contributed by atoms with van der Waals surface area (Å²) in [6.07, 6.45) is 9.44. The molecule has 1 aliphatic heterocycles. The number of rotatable bonds is 10. The Balaban J connectivity index is 1.49. The van der Waals surface area contributed by atoms with Crippen LogP contribution in [0.25, 0.3) is 0 Å². The molecule has 1 fully saturated rings. The van der Waals surface area contributed by atoms with Crippen LogP contribution in [0.2, 0.25) is 0 Å². The van der Waals surface area contributed by atoms with E-state index in [1.54, 1.807) is 16.0 Å². The molecule has 1 aromatic heterocycles. The third-order valence-corrected chi connectivity index (χ3v) is 5.55. The lowest BCUT2D eigenvalue weighted by Gasteiger charge is -2.24. The van der Waals surface area contributed by atoms with Gasteiger partial charge >= 0.3 is 0 Å². The summed E-state index contributed by atoms with van der Waals surface area (Å²) in [5, 5.41) is 3.01. The number of carbonyl (C=O) groups excluding carboxylic acids is 2. The van der Waals surface area contributed by atoms with E-state index in [4.69, 9.17) is 0 Å². The summed E-state index contributed by atoms with van der Waals surface area (Å²) in [7, 11) is 0. The average Bonchev–Trinajstić information content (AvgIpc) is 2.80. The van der Waals surface area contributed by atoms with Crippen molar-refractivity contribution in [2.45, 2.75) is 32.1 Å². The van der Waals surface area contributed by atoms with Crippen LogP contribution in [0.4, 0.5) is 0 Å². The van der Waals surface area contributed by atoms with Gasteiger partial charge in [-0.3, -0.25) is 14.6 Å². The molecule has 0 saturated carbocycles. The molecule has 3 rings (SSSR count). The van der Waals surface area contributed by atoms with E-state index in [2.05, 4.69) is 15.3 Å². The van der Waals surface area contributed by atoms with Crippen LogP contribution in [-0.2, 0) is 11.2 Å². The molecule has 2 heterocycles. The van der Waals surface area contributed by atoms with Crippen molar-refractivity contribution >= 4 is 11.8 Å². The molecular formula is C23H32N5O2+. The summed E-state index contributed by atoms with van der Waals surface area (Å²) < 4.78 is 0. The Kier molecular flexibility index (Phi) is 8.78. The van der Waals surface area contributed by atoms with Gasteiger partial charge in [-0.05, 0) is 31.2 Å². The fourth-order valence-corrected chi connectivity index (χ4v) is 3.80. The fraction of sp³-hybridized carbons (Fsp3) is 0.478. The predicted octanol–water partition coefficient (Wildman–Crippen LogP) is 0.737. The van der Waals surface area contributed by atoms with Gasteiger partial charge in [0.2, 0.25) is 5.91 Å². The summed E-state index contributed by atoms with van der Waals surface area (Å²) in [6, 6.07) is 10.0. The molecule has 0 aliphatic carbocycles. The molecule has 1 aromatic carbocycles. The van der Waals surface area contributed by atoms with E-state index in [-0.39, 0.29) is 18.2 Å². The largest absolute Gasteiger partial charge is 0.350 e. The molecular weight excluding hydrogens is 378 g/mol. The van der Waals surface area contributed by atoms with Crippen LogP contribution in [-0.4, -0.2) is 66.0 Å². The van der Waals surface area contributed by atoms with E-state index in [1.165, 1.54) is 44.7 Å². The van der Waals surface area contributed by atoms with Gasteiger partial charge in [-0.2, -0.15) is 0 Å². The number of likely N-dealkylation sites (tertiary alicyclic amines) is 1. The predicted molar refractivity (Wildman–Crippen MR) is 115 cm³/mol. The van der Waals surface area contributed by atoms with E-state index in [9.17, 15) is 9.59 Å². The molecule has 30 heavy (non-hydrogen) atoms. The molecule has 7 heteroatoms. The van der Waals surface area contributed by atoms with Crippen LogP contribution < -0.4 is 10.2 Å². The first-order valence-electron chi connectivity index (χ1n) is 10.9. The summed E-state index contributed by atoms with van der Waals surface area (Å²) in [5.41, 5.74) is 1.46. The molecule has 2 aromatic rings. The minimum absolute atomic E-state index is 0.0110. The zero-order valence-electron chi connectivity index (χ0n) is 17.6. The minimum atomic E-state index is -0.190. The molecule has 1 saturated heterocycles. The summed E-state index contributed by atoms with van der Waals surface area (Å²) in [6.45, 7) is 4.97. The number of nitrogens with one attached hydrogen (secondary N) is 2. The Hall–Kier alpha value is -2.80. The second kappa shape index (κ2) is 12.0. The van der Waals surface area contributed by atoms with Gasteiger partial charge in [-0.1, -0.05) is 30.3 Å². The number of piperidine rings is 1. The smallest absolute Gasteiger partial charge is 0.274 e. The third-order valence-electron chi connectivity index (χ3n) is 5.55. The minimum Gasteiger partial charge on any atom is -0.350 e. The number of quaternary nitrogens is 1. The third kappa shape index (κ3) is 7.22. The first-order valence-corrected chi connectivity index (χ1v) is 10.9. The first-order chi connectivity index (χ1) is 14.7. The second-order valence-electron chi connectivity index (χ2n) is 7.78. The molecule has 160 valence electrons. The van der Waals surface area contributed by atoms with Gasteiger partial charge in [0.25, 0.3) is 5.91 Å². The van der Waals surface area contributed by atoms with E-state index in [0.717, 1.165) is 18.5 Å². The monoisotopic (exact) mass is 410 g/mol. The Morgan fingerprint density at radius 3 is 2.57 bits per heavy atom. The maximum absolute atomic E-state index is 12.9. The lowest BCUT2D eigenvalue weighted by atomic mass is 10.1. The topological polar surface area (TPSA) is 79.6 Å². The zero-order valence-corrected chi connectivity index (χ0v) is 17.6. The SMILES string of the molecule is O=C(CCN(CCc1ccccc1)C(=O)c1cnccn1)NCC[NH+]1CCCCC1. The number of hydrogen-bond acceptors (Lipinski definition) is 4. The maximum Gasteiger partial charge on any atom is 0.274 e. The van der Waals surface area contributed by atoms with Gasteiger partial charge in [0, 0.05) is 31.9 Å². The molecule has 0 atom stereocenters. The van der Waals surface area contributed by atoms with Crippen molar-refractivity contribution in [1.82, 2.24) is 20.2 Å². The van der Waals surface area contributed by atoms with Gasteiger partial charge in [0.05, 0.1) is 32.4 Å². The number of nitrogens with zero attached hydrogens (tertiary/aromatic N) is 3. The number of aromatic nitrogens is 2. The Morgan fingerprint density at radius 2 is 1.83 bits per heavy atom. The molecule has 7 nitrogen and oxygen atoms in total. The molecule has 2 N–H and O–H groups in total. The normalized spacial score (nSPS) is 14.3. The van der Waals surface area contributed by atoms with Crippen LogP contribution in [0.5, 0.6) is 0 Å². The van der Waals surface area contributed by atoms with E-state index in [0.29, 0.717) is 25.3 Å². The zero-order chi connectivity index (χ0) is 21.0. The Labute approximate surface area is 178 Å². The highest BCUT2D eigenvalue weighted by atomic mass is 16.2. The standard InChI is InChI=1S/C23H31N5O2/c29-22(26-13-18-27-14-5-2-6-15-27)10-17-28(16-9-20-7-3-1-4-8-20)23(30)21-19-24-11-12-25-21/h1,3-4,7-8,11-12,19H,2,5-6,9-10,13-18H2,(H,26,29)/p+1. The second-order valence-corrected chi connectivity index (χ2v) is 7.78. The van der Waals surface area contributed by atoms with Gasteiger partial charge in [-0.15, -0.1) is 0 Å².